The Morgan fingerprint density at radius 3 is 2.61 bits per heavy atom. The molecule has 0 saturated carbocycles. The van der Waals surface area contributed by atoms with Crippen molar-refractivity contribution in [2.75, 3.05) is 18.4 Å². The van der Waals surface area contributed by atoms with Crippen LogP contribution in [0, 0.1) is 11.6 Å². The molecular weight excluding hydrogens is 420 g/mol. The zero-order valence-corrected chi connectivity index (χ0v) is 17.4. The molecule has 2 aromatic carbocycles. The third-order valence-electron chi connectivity index (χ3n) is 5.31. The molecule has 0 bridgehead atoms. The van der Waals surface area contributed by atoms with Crippen LogP contribution < -0.4 is 10.6 Å². The van der Waals surface area contributed by atoms with Crippen molar-refractivity contribution < 1.29 is 18.4 Å². The summed E-state index contributed by atoms with van der Waals surface area (Å²) in [5.74, 6) is -3.47. The summed E-state index contributed by atoms with van der Waals surface area (Å²) in [7, 11) is 0. The van der Waals surface area contributed by atoms with Crippen LogP contribution >= 0.6 is 11.3 Å². The fraction of sp³-hybridized carbons (Fsp3) is 0.217. The fourth-order valence-electron chi connectivity index (χ4n) is 3.72. The number of thiophene rings is 1. The summed E-state index contributed by atoms with van der Waals surface area (Å²) in [4.78, 5) is 27.9. The van der Waals surface area contributed by atoms with Gasteiger partial charge in [-0.15, -0.1) is 11.3 Å². The van der Waals surface area contributed by atoms with Gasteiger partial charge in [0.15, 0.2) is 0 Å². The minimum atomic E-state index is -1.04. The summed E-state index contributed by atoms with van der Waals surface area (Å²) in [6.45, 7) is 1.80. The van der Waals surface area contributed by atoms with Crippen LogP contribution in [0.1, 0.15) is 22.0 Å². The second-order valence-electron chi connectivity index (χ2n) is 7.31. The maximum Gasteiger partial charge on any atom is 0.313 e. The number of carbonyl (C=O) groups excluding carboxylic acids is 2. The topological polar surface area (TPSA) is 61.4 Å². The number of hydrogen-bond donors (Lipinski definition) is 2. The molecule has 4 rings (SSSR count). The summed E-state index contributed by atoms with van der Waals surface area (Å²) in [5.41, 5.74) is 2.20. The van der Waals surface area contributed by atoms with Crippen LogP contribution in [0.25, 0.3) is 0 Å². The lowest BCUT2D eigenvalue weighted by Crippen LogP contribution is -2.43. The highest BCUT2D eigenvalue weighted by Crippen LogP contribution is 2.30. The van der Waals surface area contributed by atoms with Gasteiger partial charge < -0.3 is 10.6 Å². The van der Waals surface area contributed by atoms with Crippen LogP contribution in [-0.2, 0) is 22.6 Å². The molecule has 2 amide bonds. The molecule has 1 atom stereocenters. The first-order chi connectivity index (χ1) is 15.0. The van der Waals surface area contributed by atoms with Crippen LogP contribution in [0.5, 0.6) is 0 Å². The Bertz CT molecular complexity index is 1090. The van der Waals surface area contributed by atoms with Gasteiger partial charge >= 0.3 is 11.8 Å². The highest BCUT2D eigenvalue weighted by atomic mass is 32.1. The molecule has 0 spiro atoms. The zero-order valence-electron chi connectivity index (χ0n) is 16.6. The van der Waals surface area contributed by atoms with Crippen LogP contribution in [-0.4, -0.2) is 29.8 Å². The Balaban J connectivity index is 1.43. The Hall–Kier alpha value is -3.10. The second-order valence-corrected chi connectivity index (χ2v) is 8.29. The highest BCUT2D eigenvalue weighted by Gasteiger charge is 2.27. The van der Waals surface area contributed by atoms with Crippen LogP contribution in [0.3, 0.4) is 0 Å². The third-order valence-corrected chi connectivity index (χ3v) is 6.28. The molecule has 8 heteroatoms. The quantitative estimate of drug-likeness (QED) is 0.591. The summed E-state index contributed by atoms with van der Waals surface area (Å²) in [5, 5.41) is 6.74. The van der Waals surface area contributed by atoms with Crippen LogP contribution in [0.4, 0.5) is 14.5 Å². The molecular formula is C23H21F2N3O2S. The Morgan fingerprint density at radius 2 is 1.84 bits per heavy atom. The minimum Gasteiger partial charge on any atom is -0.346 e. The van der Waals surface area contributed by atoms with Crippen molar-refractivity contribution >= 4 is 28.8 Å². The number of nitrogens with zero attached hydrogens (tertiary/aromatic N) is 1. The number of carbonyl (C=O) groups is 2. The summed E-state index contributed by atoms with van der Waals surface area (Å²) in [6, 6.07) is 14.8. The average molecular weight is 442 g/mol. The maximum atomic E-state index is 13.7. The van der Waals surface area contributed by atoms with E-state index in [-0.39, 0.29) is 18.3 Å². The highest BCUT2D eigenvalue weighted by molar-refractivity contribution is 7.10. The van der Waals surface area contributed by atoms with Gasteiger partial charge in [0.05, 0.1) is 11.7 Å². The fourth-order valence-corrected chi connectivity index (χ4v) is 4.58. The first-order valence-corrected chi connectivity index (χ1v) is 10.8. The predicted molar refractivity (Wildman–Crippen MR) is 116 cm³/mol. The maximum absolute atomic E-state index is 13.7. The molecule has 5 nitrogen and oxygen atoms in total. The number of rotatable bonds is 5. The smallest absolute Gasteiger partial charge is 0.313 e. The monoisotopic (exact) mass is 441 g/mol. The molecule has 2 N–H and O–H groups in total. The molecule has 0 unspecified atom stereocenters. The summed E-state index contributed by atoms with van der Waals surface area (Å²) >= 11 is 1.59. The zero-order chi connectivity index (χ0) is 21.8. The van der Waals surface area contributed by atoms with Gasteiger partial charge in [-0.2, -0.15) is 0 Å². The Kier molecular flexibility index (Phi) is 6.39. The van der Waals surface area contributed by atoms with E-state index >= 15 is 0 Å². The lowest BCUT2D eigenvalue weighted by molar-refractivity contribution is -0.136. The summed E-state index contributed by atoms with van der Waals surface area (Å²) < 4.78 is 27.0. The van der Waals surface area contributed by atoms with E-state index in [1.165, 1.54) is 11.1 Å². The largest absolute Gasteiger partial charge is 0.346 e. The van der Waals surface area contributed by atoms with E-state index in [0.717, 1.165) is 42.6 Å². The molecule has 3 aromatic rings. The number of halogens is 2. The molecule has 2 heterocycles. The van der Waals surface area contributed by atoms with Crippen LogP contribution in [0.15, 0.2) is 60.0 Å². The van der Waals surface area contributed by atoms with E-state index in [1.807, 2.05) is 29.6 Å². The number of amides is 2. The van der Waals surface area contributed by atoms with Gasteiger partial charge in [0.1, 0.15) is 11.6 Å². The SMILES string of the molecule is O=C(NC[C@H](c1cccs1)N1CCc2ccccc2C1)C(=O)Nc1cc(F)ccc1F. The van der Waals surface area contributed by atoms with Gasteiger partial charge in [-0.25, -0.2) is 8.78 Å². The van der Waals surface area contributed by atoms with Crippen molar-refractivity contribution in [3.05, 3.63) is 87.6 Å². The predicted octanol–water partition coefficient (Wildman–Crippen LogP) is 3.88. The van der Waals surface area contributed by atoms with Gasteiger partial charge in [-0.1, -0.05) is 30.3 Å². The molecule has 0 radical (unpaired) electrons. The third kappa shape index (κ3) is 4.98. The van der Waals surface area contributed by atoms with E-state index in [0.29, 0.717) is 0 Å². The normalized spacial score (nSPS) is 14.5. The van der Waals surface area contributed by atoms with Gasteiger partial charge in [0.25, 0.3) is 0 Å². The van der Waals surface area contributed by atoms with Gasteiger partial charge in [0.2, 0.25) is 0 Å². The van der Waals surface area contributed by atoms with Gasteiger partial charge in [-0.05, 0) is 41.1 Å². The van der Waals surface area contributed by atoms with Crippen molar-refractivity contribution in [1.82, 2.24) is 10.2 Å². The van der Waals surface area contributed by atoms with Crippen LogP contribution in [0.2, 0.25) is 0 Å². The van der Waals surface area contributed by atoms with Gasteiger partial charge in [-0.3, -0.25) is 14.5 Å². The lowest BCUT2D eigenvalue weighted by Gasteiger charge is -2.35. The standard InChI is InChI=1S/C23H21F2N3O2S/c24-17-7-8-18(25)19(12-17)27-23(30)22(29)26-13-20(21-6-3-11-31-21)28-10-9-15-4-1-2-5-16(15)14-28/h1-8,11-12,20H,9-10,13-14H2,(H,26,29)(H,27,30)/t20-/m1/s1. The van der Waals surface area contributed by atoms with Gasteiger partial charge in [0, 0.05) is 30.6 Å². The first-order valence-electron chi connectivity index (χ1n) is 9.90. The van der Waals surface area contributed by atoms with E-state index in [9.17, 15) is 18.4 Å². The first kappa shape index (κ1) is 21.1. The van der Waals surface area contributed by atoms with E-state index in [4.69, 9.17) is 0 Å². The van der Waals surface area contributed by atoms with E-state index in [2.05, 4.69) is 27.7 Å². The van der Waals surface area contributed by atoms with E-state index in [1.54, 1.807) is 11.3 Å². The average Bonchev–Trinajstić information content (AvgIpc) is 3.30. The van der Waals surface area contributed by atoms with Crippen molar-refractivity contribution in [2.24, 2.45) is 0 Å². The van der Waals surface area contributed by atoms with Crippen molar-refractivity contribution in [3.63, 3.8) is 0 Å². The summed E-state index contributed by atoms with van der Waals surface area (Å²) in [6.07, 6.45) is 0.908. The Labute approximate surface area is 182 Å². The molecule has 0 aliphatic carbocycles. The molecule has 31 heavy (non-hydrogen) atoms. The van der Waals surface area contributed by atoms with Crippen molar-refractivity contribution in [1.29, 1.82) is 0 Å². The number of benzene rings is 2. The number of hydrogen-bond acceptors (Lipinski definition) is 4. The molecule has 0 fully saturated rings. The molecule has 0 saturated heterocycles. The van der Waals surface area contributed by atoms with Crippen molar-refractivity contribution in [2.45, 2.75) is 19.0 Å². The molecule has 1 aliphatic rings. The number of fused-ring (bicyclic) bond motifs is 1. The minimum absolute atomic E-state index is 0.101. The lowest BCUT2D eigenvalue weighted by atomic mass is 9.98. The van der Waals surface area contributed by atoms with E-state index < -0.39 is 23.4 Å². The Morgan fingerprint density at radius 1 is 1.03 bits per heavy atom. The molecule has 1 aromatic heterocycles. The van der Waals surface area contributed by atoms with Crippen molar-refractivity contribution in [3.8, 4) is 0 Å². The molecule has 1 aliphatic heterocycles. The second kappa shape index (κ2) is 9.36. The number of nitrogens with one attached hydrogen (secondary N) is 2. The molecule has 160 valence electrons. The number of anilines is 1.